The Bertz CT molecular complexity index is 561. The van der Waals surface area contributed by atoms with Crippen LogP contribution in [0.2, 0.25) is 5.02 Å². The molecule has 0 heterocycles. The van der Waals surface area contributed by atoms with Crippen molar-refractivity contribution >= 4 is 17.6 Å². The first kappa shape index (κ1) is 19.9. The zero-order valence-electron chi connectivity index (χ0n) is 15.5. The zero-order chi connectivity index (χ0) is 18.1. The van der Waals surface area contributed by atoms with E-state index in [0.29, 0.717) is 22.7 Å². The van der Waals surface area contributed by atoms with Crippen LogP contribution in [0, 0.1) is 5.41 Å². The average Bonchev–Trinajstić information content (AvgIpc) is 2.58. The quantitative estimate of drug-likeness (QED) is 0.518. The molecule has 1 unspecified atom stereocenters. The highest BCUT2D eigenvalue weighted by atomic mass is 35.5. The third-order valence-electron chi connectivity index (χ3n) is 4.83. The van der Waals surface area contributed by atoms with Crippen molar-refractivity contribution in [1.82, 2.24) is 10.6 Å². The van der Waals surface area contributed by atoms with Crippen LogP contribution in [-0.4, -0.2) is 45.9 Å². The van der Waals surface area contributed by atoms with E-state index in [1.807, 2.05) is 31.2 Å². The SMILES string of the molecule is CN=C(NCC(C)Oc1ccccc1Cl)NCC1(CCOC)CCC1. The Morgan fingerprint density at radius 3 is 2.68 bits per heavy atom. The monoisotopic (exact) mass is 367 g/mol. The molecule has 0 aromatic heterocycles. The molecule has 1 fully saturated rings. The summed E-state index contributed by atoms with van der Waals surface area (Å²) in [7, 11) is 3.55. The second-order valence-electron chi connectivity index (χ2n) is 6.76. The summed E-state index contributed by atoms with van der Waals surface area (Å²) in [6.45, 7) is 4.40. The smallest absolute Gasteiger partial charge is 0.191 e. The average molecular weight is 368 g/mol. The first-order valence-electron chi connectivity index (χ1n) is 8.93. The number of rotatable bonds is 9. The molecule has 25 heavy (non-hydrogen) atoms. The Kier molecular flexibility index (Phi) is 7.85. The van der Waals surface area contributed by atoms with Crippen molar-refractivity contribution in [2.45, 2.75) is 38.7 Å². The van der Waals surface area contributed by atoms with Crippen molar-refractivity contribution in [3.8, 4) is 5.75 Å². The standard InChI is InChI=1S/C19H30ClN3O2/c1-15(25-17-8-5-4-7-16(17)20)13-22-18(21-2)23-14-19(9-6-10-19)11-12-24-3/h4-5,7-8,15H,6,9-14H2,1-3H3,(H2,21,22,23). The Balaban J connectivity index is 1.75. The number of guanidine groups is 1. The number of ether oxygens (including phenoxy) is 2. The number of hydrogen-bond donors (Lipinski definition) is 2. The van der Waals surface area contributed by atoms with Gasteiger partial charge in [-0.05, 0) is 43.7 Å². The Morgan fingerprint density at radius 1 is 1.32 bits per heavy atom. The van der Waals surface area contributed by atoms with E-state index < -0.39 is 0 Å². The van der Waals surface area contributed by atoms with E-state index in [-0.39, 0.29) is 6.10 Å². The van der Waals surface area contributed by atoms with Gasteiger partial charge in [0.1, 0.15) is 11.9 Å². The highest BCUT2D eigenvalue weighted by Gasteiger charge is 2.36. The lowest BCUT2D eigenvalue weighted by Crippen LogP contribution is -2.48. The maximum atomic E-state index is 6.13. The van der Waals surface area contributed by atoms with Gasteiger partial charge < -0.3 is 20.1 Å². The lowest BCUT2D eigenvalue weighted by Gasteiger charge is -2.42. The van der Waals surface area contributed by atoms with Gasteiger partial charge >= 0.3 is 0 Å². The second-order valence-corrected chi connectivity index (χ2v) is 7.17. The van der Waals surface area contributed by atoms with Crippen molar-refractivity contribution in [3.05, 3.63) is 29.3 Å². The summed E-state index contributed by atoms with van der Waals surface area (Å²) in [5.41, 5.74) is 0.354. The Labute approximate surface area is 156 Å². The fourth-order valence-corrected chi connectivity index (χ4v) is 3.22. The van der Waals surface area contributed by atoms with Crippen LogP contribution in [0.25, 0.3) is 0 Å². The van der Waals surface area contributed by atoms with E-state index in [9.17, 15) is 0 Å². The zero-order valence-corrected chi connectivity index (χ0v) is 16.2. The minimum Gasteiger partial charge on any atom is -0.487 e. The van der Waals surface area contributed by atoms with Crippen molar-refractivity contribution in [3.63, 3.8) is 0 Å². The first-order chi connectivity index (χ1) is 12.1. The molecule has 1 atom stereocenters. The molecule has 0 amide bonds. The molecule has 1 aliphatic carbocycles. The molecule has 6 heteroatoms. The number of aliphatic imine (C=N–C) groups is 1. The van der Waals surface area contributed by atoms with Crippen molar-refractivity contribution in [2.75, 3.05) is 33.9 Å². The lowest BCUT2D eigenvalue weighted by molar-refractivity contribution is 0.0732. The van der Waals surface area contributed by atoms with Crippen LogP contribution in [0.4, 0.5) is 0 Å². The van der Waals surface area contributed by atoms with Crippen LogP contribution in [-0.2, 0) is 4.74 Å². The molecule has 2 rings (SSSR count). The summed E-state index contributed by atoms with van der Waals surface area (Å²) in [4.78, 5) is 4.31. The normalized spacial score (nSPS) is 17.5. The van der Waals surface area contributed by atoms with Crippen LogP contribution >= 0.6 is 11.6 Å². The number of nitrogens with zero attached hydrogens (tertiary/aromatic N) is 1. The number of methoxy groups -OCH3 is 1. The van der Waals surface area contributed by atoms with Crippen LogP contribution in [0.15, 0.2) is 29.3 Å². The van der Waals surface area contributed by atoms with Crippen LogP contribution in [0.1, 0.15) is 32.6 Å². The van der Waals surface area contributed by atoms with Gasteiger partial charge in [-0.15, -0.1) is 0 Å². The summed E-state index contributed by atoms with van der Waals surface area (Å²) >= 11 is 6.13. The third-order valence-corrected chi connectivity index (χ3v) is 5.14. The Morgan fingerprint density at radius 2 is 2.08 bits per heavy atom. The predicted molar refractivity (Wildman–Crippen MR) is 104 cm³/mol. The summed E-state index contributed by atoms with van der Waals surface area (Å²) in [6.07, 6.45) is 4.89. The van der Waals surface area contributed by atoms with Gasteiger partial charge in [0, 0.05) is 27.3 Å². The van der Waals surface area contributed by atoms with Gasteiger partial charge in [0.15, 0.2) is 5.96 Å². The molecule has 0 saturated heterocycles. The van der Waals surface area contributed by atoms with Crippen molar-refractivity contribution in [1.29, 1.82) is 0 Å². The molecule has 1 aromatic rings. The topological polar surface area (TPSA) is 54.9 Å². The fraction of sp³-hybridized carbons (Fsp3) is 0.632. The fourth-order valence-electron chi connectivity index (χ4n) is 3.04. The number of hydrogen-bond acceptors (Lipinski definition) is 3. The minimum absolute atomic E-state index is 0.0235. The highest BCUT2D eigenvalue weighted by molar-refractivity contribution is 6.32. The third kappa shape index (κ3) is 6.08. The van der Waals surface area contributed by atoms with Crippen LogP contribution < -0.4 is 15.4 Å². The van der Waals surface area contributed by atoms with Gasteiger partial charge in [-0.25, -0.2) is 0 Å². The van der Waals surface area contributed by atoms with E-state index in [4.69, 9.17) is 21.1 Å². The van der Waals surface area contributed by atoms with Gasteiger partial charge in [0.05, 0.1) is 11.6 Å². The Hall–Kier alpha value is -1.46. The van der Waals surface area contributed by atoms with Crippen molar-refractivity contribution < 1.29 is 9.47 Å². The van der Waals surface area contributed by atoms with E-state index in [1.165, 1.54) is 19.3 Å². The lowest BCUT2D eigenvalue weighted by atomic mass is 9.67. The van der Waals surface area contributed by atoms with Crippen LogP contribution in [0.3, 0.4) is 0 Å². The molecule has 5 nitrogen and oxygen atoms in total. The molecular formula is C19H30ClN3O2. The predicted octanol–water partition coefficient (Wildman–Crippen LogP) is 3.48. The molecule has 2 N–H and O–H groups in total. The number of para-hydroxylation sites is 1. The van der Waals surface area contributed by atoms with Gasteiger partial charge in [-0.1, -0.05) is 30.2 Å². The minimum atomic E-state index is -0.0235. The van der Waals surface area contributed by atoms with E-state index in [1.54, 1.807) is 14.2 Å². The maximum absolute atomic E-state index is 6.13. The number of nitrogens with one attached hydrogen (secondary N) is 2. The number of benzene rings is 1. The maximum Gasteiger partial charge on any atom is 0.191 e. The van der Waals surface area contributed by atoms with Crippen molar-refractivity contribution in [2.24, 2.45) is 10.4 Å². The number of halogens is 1. The largest absolute Gasteiger partial charge is 0.487 e. The van der Waals surface area contributed by atoms with Gasteiger partial charge in [0.25, 0.3) is 0 Å². The van der Waals surface area contributed by atoms with Crippen LogP contribution in [0.5, 0.6) is 5.75 Å². The van der Waals surface area contributed by atoms with Gasteiger partial charge in [-0.2, -0.15) is 0 Å². The van der Waals surface area contributed by atoms with Gasteiger partial charge in [0.2, 0.25) is 0 Å². The molecule has 1 aromatic carbocycles. The van der Waals surface area contributed by atoms with E-state index in [0.717, 1.165) is 25.5 Å². The first-order valence-corrected chi connectivity index (χ1v) is 9.31. The summed E-state index contributed by atoms with van der Waals surface area (Å²) in [5.74, 6) is 1.51. The van der Waals surface area contributed by atoms with E-state index in [2.05, 4.69) is 15.6 Å². The molecular weight excluding hydrogens is 338 g/mol. The molecule has 0 bridgehead atoms. The molecule has 1 aliphatic rings. The van der Waals surface area contributed by atoms with Gasteiger partial charge in [-0.3, -0.25) is 4.99 Å². The molecule has 1 saturated carbocycles. The second kappa shape index (κ2) is 9.88. The van der Waals surface area contributed by atoms with E-state index >= 15 is 0 Å². The summed E-state index contributed by atoms with van der Waals surface area (Å²) in [5, 5.41) is 7.41. The molecule has 0 aliphatic heterocycles. The molecule has 140 valence electrons. The highest BCUT2D eigenvalue weighted by Crippen LogP contribution is 2.43. The summed E-state index contributed by atoms with van der Waals surface area (Å²) < 4.78 is 11.1. The summed E-state index contributed by atoms with van der Waals surface area (Å²) in [6, 6.07) is 7.52. The molecule has 0 radical (unpaired) electrons. The molecule has 0 spiro atoms.